The predicted molar refractivity (Wildman–Crippen MR) is 119 cm³/mol. The van der Waals surface area contributed by atoms with Crippen molar-refractivity contribution < 1.29 is 0 Å². The van der Waals surface area contributed by atoms with Gasteiger partial charge in [-0.05, 0) is 56.7 Å². The summed E-state index contributed by atoms with van der Waals surface area (Å²) < 4.78 is 3.79. The first kappa shape index (κ1) is 18.6. The van der Waals surface area contributed by atoms with Crippen LogP contribution in [-0.4, -0.2) is 29.5 Å². The van der Waals surface area contributed by atoms with Crippen molar-refractivity contribution in [2.75, 3.05) is 5.73 Å². The van der Waals surface area contributed by atoms with Gasteiger partial charge in [-0.2, -0.15) is 10.2 Å². The van der Waals surface area contributed by atoms with Gasteiger partial charge in [0.15, 0.2) is 5.65 Å². The Hall–Kier alpha value is -3.45. The summed E-state index contributed by atoms with van der Waals surface area (Å²) >= 11 is 6.32. The van der Waals surface area contributed by atoms with Crippen molar-refractivity contribution in [3.05, 3.63) is 70.8 Å². The van der Waals surface area contributed by atoms with Crippen molar-refractivity contribution in [3.8, 4) is 5.69 Å². The third kappa shape index (κ3) is 2.81. The molecule has 1 unspecified atom stereocenters. The highest BCUT2D eigenvalue weighted by Gasteiger charge is 2.23. The highest BCUT2D eigenvalue weighted by atomic mass is 35.5. The van der Waals surface area contributed by atoms with Crippen LogP contribution in [0.25, 0.3) is 27.6 Å². The van der Waals surface area contributed by atoms with Crippen LogP contribution in [-0.2, 0) is 0 Å². The van der Waals surface area contributed by atoms with Gasteiger partial charge in [-0.15, -0.1) is 0 Å². The number of fused-ring (bicyclic) bond motifs is 2. The summed E-state index contributed by atoms with van der Waals surface area (Å²) in [7, 11) is 0. The molecule has 0 radical (unpaired) electrons. The van der Waals surface area contributed by atoms with Gasteiger partial charge in [0.25, 0.3) is 0 Å². The molecule has 8 heteroatoms. The second-order valence-electron chi connectivity index (χ2n) is 7.46. The molecule has 2 N–H and O–H groups in total. The fraction of sp³-hybridized carbons (Fsp3) is 0.182. The molecule has 2 aromatic carbocycles. The summed E-state index contributed by atoms with van der Waals surface area (Å²) in [5.41, 5.74) is 11.5. The van der Waals surface area contributed by atoms with E-state index in [1.54, 1.807) is 0 Å². The van der Waals surface area contributed by atoms with Crippen LogP contribution in [0.2, 0.25) is 5.02 Å². The van der Waals surface area contributed by atoms with Crippen LogP contribution in [0.4, 0.5) is 5.82 Å². The first-order chi connectivity index (χ1) is 14.4. The van der Waals surface area contributed by atoms with E-state index in [1.807, 2.05) is 46.6 Å². The zero-order chi connectivity index (χ0) is 21.0. The normalized spacial score (nSPS) is 12.7. The van der Waals surface area contributed by atoms with Crippen LogP contribution in [0.15, 0.2) is 48.8 Å². The zero-order valence-corrected chi connectivity index (χ0v) is 17.6. The Morgan fingerprint density at radius 3 is 2.67 bits per heavy atom. The lowest BCUT2D eigenvalue weighted by molar-refractivity contribution is 0.559. The van der Waals surface area contributed by atoms with E-state index in [-0.39, 0.29) is 6.04 Å². The van der Waals surface area contributed by atoms with Gasteiger partial charge in [-0.3, -0.25) is 0 Å². The van der Waals surface area contributed by atoms with Crippen LogP contribution in [0.5, 0.6) is 0 Å². The van der Waals surface area contributed by atoms with Crippen molar-refractivity contribution in [3.63, 3.8) is 0 Å². The third-order valence-corrected chi connectivity index (χ3v) is 5.61. The molecule has 30 heavy (non-hydrogen) atoms. The summed E-state index contributed by atoms with van der Waals surface area (Å²) in [5, 5.41) is 12.1. The van der Waals surface area contributed by atoms with Gasteiger partial charge in [0.1, 0.15) is 12.1 Å². The van der Waals surface area contributed by atoms with Gasteiger partial charge in [0.2, 0.25) is 0 Å². The largest absolute Gasteiger partial charge is 0.383 e. The first-order valence-corrected chi connectivity index (χ1v) is 10.0. The van der Waals surface area contributed by atoms with Gasteiger partial charge >= 0.3 is 0 Å². The number of aromatic nitrogens is 6. The quantitative estimate of drug-likeness (QED) is 0.462. The molecule has 3 aromatic heterocycles. The maximum absolute atomic E-state index is 6.32. The van der Waals surface area contributed by atoms with Crippen molar-refractivity contribution in [1.29, 1.82) is 0 Å². The number of aryl methyl sites for hydroxylation is 2. The fourth-order valence-electron chi connectivity index (χ4n) is 3.93. The molecule has 150 valence electrons. The lowest BCUT2D eigenvalue weighted by Crippen LogP contribution is -2.11. The minimum Gasteiger partial charge on any atom is -0.383 e. The Labute approximate surface area is 178 Å². The molecule has 3 heterocycles. The summed E-state index contributed by atoms with van der Waals surface area (Å²) in [6.45, 7) is 6.03. The van der Waals surface area contributed by atoms with E-state index < -0.39 is 0 Å². The molecule has 0 fully saturated rings. The van der Waals surface area contributed by atoms with Crippen molar-refractivity contribution in [1.82, 2.24) is 29.5 Å². The lowest BCUT2D eigenvalue weighted by Gasteiger charge is -2.11. The van der Waals surface area contributed by atoms with Crippen LogP contribution in [0.3, 0.4) is 0 Å². The number of halogens is 1. The number of nitrogen functional groups attached to an aromatic ring is 1. The molecule has 0 aliphatic heterocycles. The molecule has 0 saturated heterocycles. The summed E-state index contributed by atoms with van der Waals surface area (Å²) in [5.74, 6) is 0.429. The smallest absolute Gasteiger partial charge is 0.164 e. The number of hydrogen-bond acceptors (Lipinski definition) is 5. The maximum atomic E-state index is 6.32. The second-order valence-corrected chi connectivity index (χ2v) is 7.90. The molecule has 5 aromatic rings. The molecule has 7 nitrogen and oxygen atoms in total. The number of nitrogens with zero attached hydrogens (tertiary/aromatic N) is 6. The van der Waals surface area contributed by atoms with Crippen molar-refractivity contribution in [2.24, 2.45) is 0 Å². The summed E-state index contributed by atoms with van der Waals surface area (Å²) in [6.07, 6.45) is 1.46. The standard InChI is InChI=1S/C22H20ClN7/c1-12-5-4-6-16(9-12)30-18-10-15(23)7-8-17(18)20(28-30)14(3)29-22-19(13(2)27-29)21(24)25-11-26-22/h4-11,14H,1-3H3,(H2,24,25,26). The Bertz CT molecular complexity index is 1420. The van der Waals surface area contributed by atoms with Crippen LogP contribution >= 0.6 is 11.6 Å². The van der Waals surface area contributed by atoms with E-state index in [4.69, 9.17) is 27.5 Å². The Morgan fingerprint density at radius 1 is 1.03 bits per heavy atom. The van der Waals surface area contributed by atoms with Gasteiger partial charge in [0.05, 0.1) is 34.0 Å². The van der Waals surface area contributed by atoms with E-state index in [1.165, 1.54) is 6.33 Å². The minimum absolute atomic E-state index is 0.176. The highest BCUT2D eigenvalue weighted by Crippen LogP contribution is 2.32. The zero-order valence-electron chi connectivity index (χ0n) is 16.8. The maximum Gasteiger partial charge on any atom is 0.164 e. The third-order valence-electron chi connectivity index (χ3n) is 5.37. The average Bonchev–Trinajstić information content (AvgIpc) is 3.26. The molecule has 5 rings (SSSR count). The lowest BCUT2D eigenvalue weighted by atomic mass is 10.1. The highest BCUT2D eigenvalue weighted by molar-refractivity contribution is 6.31. The Morgan fingerprint density at radius 2 is 1.87 bits per heavy atom. The topological polar surface area (TPSA) is 87.4 Å². The number of rotatable bonds is 3. The molecule has 1 atom stereocenters. The van der Waals surface area contributed by atoms with Gasteiger partial charge in [0, 0.05) is 10.4 Å². The second kappa shape index (κ2) is 6.81. The van der Waals surface area contributed by atoms with E-state index in [0.717, 1.165) is 38.9 Å². The van der Waals surface area contributed by atoms with Gasteiger partial charge in [-0.1, -0.05) is 23.7 Å². The molecular formula is C22H20ClN7. The SMILES string of the molecule is Cc1cccc(-n2nc(C(C)n3nc(C)c4c(N)ncnc43)c3ccc(Cl)cc32)c1. The number of hydrogen-bond donors (Lipinski definition) is 1. The van der Waals surface area contributed by atoms with E-state index in [0.29, 0.717) is 16.5 Å². The number of anilines is 1. The Balaban J connectivity index is 1.75. The Kier molecular flexibility index (Phi) is 4.22. The monoisotopic (exact) mass is 417 g/mol. The van der Waals surface area contributed by atoms with Crippen LogP contribution in [0.1, 0.15) is 29.9 Å². The van der Waals surface area contributed by atoms with E-state index in [9.17, 15) is 0 Å². The number of nitrogens with two attached hydrogens (primary N) is 1. The van der Waals surface area contributed by atoms with E-state index >= 15 is 0 Å². The molecule has 0 spiro atoms. The first-order valence-electron chi connectivity index (χ1n) is 9.64. The molecule has 0 aliphatic carbocycles. The fourth-order valence-corrected chi connectivity index (χ4v) is 4.10. The van der Waals surface area contributed by atoms with Gasteiger partial charge in [-0.25, -0.2) is 19.3 Å². The molecule has 0 bridgehead atoms. The molecule has 0 saturated carbocycles. The predicted octanol–water partition coefficient (Wildman–Crippen LogP) is 4.63. The van der Waals surface area contributed by atoms with Crippen LogP contribution in [0, 0.1) is 13.8 Å². The van der Waals surface area contributed by atoms with Crippen LogP contribution < -0.4 is 5.73 Å². The number of benzene rings is 2. The molecular weight excluding hydrogens is 398 g/mol. The van der Waals surface area contributed by atoms with E-state index in [2.05, 4.69) is 35.9 Å². The molecule has 0 aliphatic rings. The van der Waals surface area contributed by atoms with Crippen molar-refractivity contribution >= 4 is 39.4 Å². The summed E-state index contributed by atoms with van der Waals surface area (Å²) in [4.78, 5) is 8.54. The van der Waals surface area contributed by atoms with Crippen molar-refractivity contribution in [2.45, 2.75) is 26.8 Å². The summed E-state index contributed by atoms with van der Waals surface area (Å²) in [6, 6.07) is 13.9. The minimum atomic E-state index is -0.176. The molecule has 0 amide bonds. The average molecular weight is 418 g/mol. The van der Waals surface area contributed by atoms with Gasteiger partial charge < -0.3 is 5.73 Å².